The smallest absolute Gasteiger partial charge is 0.0895 e. The molecule has 0 aromatic carbocycles. The second-order valence-electron chi connectivity index (χ2n) is 4.78. The van der Waals surface area contributed by atoms with Crippen LogP contribution >= 0.6 is 0 Å². The Hall–Kier alpha value is -0.660. The topological polar surface area (TPSA) is 28.0 Å². The van der Waals surface area contributed by atoms with E-state index in [0.29, 0.717) is 6.04 Å². The van der Waals surface area contributed by atoms with E-state index in [1.165, 1.54) is 32.1 Å². The van der Waals surface area contributed by atoms with Gasteiger partial charge < -0.3 is 4.90 Å². The Morgan fingerprint density at radius 3 is 2.47 bits per heavy atom. The Morgan fingerprint density at radius 2 is 1.82 bits per heavy atom. The Labute approximate surface area is 106 Å². The van der Waals surface area contributed by atoms with E-state index in [2.05, 4.69) is 34.7 Å². The predicted molar refractivity (Wildman–Crippen MR) is 74.0 cm³/mol. The van der Waals surface area contributed by atoms with E-state index in [1.54, 1.807) is 0 Å². The summed E-state index contributed by atoms with van der Waals surface area (Å²) in [7, 11) is 0. The van der Waals surface area contributed by atoms with Crippen molar-refractivity contribution in [1.29, 1.82) is 0 Å². The van der Waals surface area contributed by atoms with E-state index in [4.69, 9.17) is 0 Å². The summed E-state index contributed by atoms with van der Waals surface area (Å²) in [5.41, 5.74) is 0. The molecule has 0 aromatic heterocycles. The molecular weight excluding hydrogens is 210 g/mol. The molecule has 0 aromatic rings. The molecule has 17 heavy (non-hydrogen) atoms. The fourth-order valence-electron chi connectivity index (χ4n) is 2.30. The molecule has 1 aliphatic carbocycles. The minimum Gasteiger partial charge on any atom is -0.304 e. The number of nitrogens with zero attached hydrogens (tertiary/aromatic N) is 3. The number of hydrogen-bond donors (Lipinski definition) is 0. The van der Waals surface area contributed by atoms with Crippen molar-refractivity contribution in [3.8, 4) is 0 Å². The van der Waals surface area contributed by atoms with Crippen molar-refractivity contribution in [3.05, 3.63) is 0 Å². The Kier molecular flexibility index (Phi) is 7.94. The molecule has 0 radical (unpaired) electrons. The first-order valence-electron chi connectivity index (χ1n) is 7.20. The predicted octanol–water partition coefficient (Wildman–Crippen LogP) is 3.22. The molecule has 3 heteroatoms. The molecular formula is C14H27N3. The minimum atomic E-state index is 0.510. The normalized spacial score (nSPS) is 16.9. The van der Waals surface area contributed by atoms with Gasteiger partial charge in [0.15, 0.2) is 0 Å². The van der Waals surface area contributed by atoms with E-state index >= 15 is 0 Å². The zero-order chi connectivity index (χ0) is 12.3. The van der Waals surface area contributed by atoms with Gasteiger partial charge >= 0.3 is 0 Å². The molecule has 1 aliphatic rings. The van der Waals surface area contributed by atoms with Crippen molar-refractivity contribution in [2.45, 2.75) is 58.4 Å². The van der Waals surface area contributed by atoms with Crippen LogP contribution in [0.4, 0.5) is 0 Å². The maximum Gasteiger partial charge on any atom is 0.0895 e. The molecule has 1 fully saturated rings. The van der Waals surface area contributed by atoms with Crippen LogP contribution in [0.2, 0.25) is 0 Å². The van der Waals surface area contributed by atoms with E-state index in [-0.39, 0.29) is 0 Å². The lowest BCUT2D eigenvalue weighted by Crippen LogP contribution is -2.24. The fourth-order valence-corrected chi connectivity index (χ4v) is 2.30. The standard InChI is InChI=1S/C14H27N3/c1-3-17(4-2)12-8-11-15-13-16-14-9-6-5-7-10-14/h14H,3-12H2,1-2H3. The summed E-state index contributed by atoms with van der Waals surface area (Å²) in [6, 6.07) is 3.41. The molecule has 0 heterocycles. The number of rotatable bonds is 7. The van der Waals surface area contributed by atoms with Gasteiger partial charge in [-0.1, -0.05) is 33.1 Å². The first kappa shape index (κ1) is 14.4. The average molecular weight is 237 g/mol. The van der Waals surface area contributed by atoms with Crippen LogP contribution in [-0.4, -0.2) is 43.1 Å². The van der Waals surface area contributed by atoms with Gasteiger partial charge in [0.05, 0.1) is 18.6 Å². The molecule has 0 bridgehead atoms. The monoisotopic (exact) mass is 237 g/mol. The van der Waals surface area contributed by atoms with Gasteiger partial charge in [-0.25, -0.2) is 9.98 Å². The third-order valence-electron chi connectivity index (χ3n) is 3.52. The zero-order valence-corrected chi connectivity index (χ0v) is 11.5. The lowest BCUT2D eigenvalue weighted by molar-refractivity contribution is 0.302. The summed E-state index contributed by atoms with van der Waals surface area (Å²) in [5.74, 6) is 0. The quantitative estimate of drug-likeness (QED) is 0.493. The second kappa shape index (κ2) is 9.38. The summed E-state index contributed by atoms with van der Waals surface area (Å²) in [6.45, 7) is 8.69. The van der Waals surface area contributed by atoms with Crippen molar-refractivity contribution in [1.82, 2.24) is 4.90 Å². The van der Waals surface area contributed by atoms with Crippen LogP contribution in [0.5, 0.6) is 0 Å². The van der Waals surface area contributed by atoms with Gasteiger partial charge in [0.25, 0.3) is 0 Å². The van der Waals surface area contributed by atoms with Crippen LogP contribution in [0.3, 0.4) is 0 Å². The van der Waals surface area contributed by atoms with Crippen molar-refractivity contribution in [3.63, 3.8) is 0 Å². The SMILES string of the molecule is CCN(CC)CCCN=C=NC1CCCCC1. The van der Waals surface area contributed by atoms with Gasteiger partial charge in [0, 0.05) is 0 Å². The van der Waals surface area contributed by atoms with Crippen LogP contribution < -0.4 is 0 Å². The minimum absolute atomic E-state index is 0.510. The van der Waals surface area contributed by atoms with Crippen molar-refractivity contribution in [2.24, 2.45) is 9.98 Å². The first-order chi connectivity index (χ1) is 8.36. The molecule has 0 spiro atoms. The highest BCUT2D eigenvalue weighted by molar-refractivity contribution is 5.41. The number of hydrogen-bond acceptors (Lipinski definition) is 3. The fraction of sp³-hybridized carbons (Fsp3) is 0.929. The summed E-state index contributed by atoms with van der Waals surface area (Å²) in [6.07, 6.45) is 7.64. The lowest BCUT2D eigenvalue weighted by Gasteiger charge is -2.16. The maximum absolute atomic E-state index is 4.41. The van der Waals surface area contributed by atoms with Crippen LogP contribution in [0.25, 0.3) is 0 Å². The Morgan fingerprint density at radius 1 is 1.12 bits per heavy atom. The molecule has 0 atom stereocenters. The Bertz CT molecular complexity index is 234. The van der Waals surface area contributed by atoms with Crippen LogP contribution in [0.15, 0.2) is 9.98 Å². The van der Waals surface area contributed by atoms with Gasteiger partial charge in [-0.15, -0.1) is 0 Å². The van der Waals surface area contributed by atoms with Gasteiger partial charge in [-0.05, 0) is 38.9 Å². The van der Waals surface area contributed by atoms with Crippen LogP contribution in [0.1, 0.15) is 52.4 Å². The molecule has 0 aliphatic heterocycles. The highest BCUT2D eigenvalue weighted by Crippen LogP contribution is 2.19. The molecule has 0 amide bonds. The molecule has 1 rings (SSSR count). The van der Waals surface area contributed by atoms with Crippen molar-refractivity contribution >= 4 is 6.01 Å². The summed E-state index contributed by atoms with van der Waals surface area (Å²) in [5, 5.41) is 0. The van der Waals surface area contributed by atoms with E-state index in [9.17, 15) is 0 Å². The third-order valence-corrected chi connectivity index (χ3v) is 3.52. The zero-order valence-electron chi connectivity index (χ0n) is 11.5. The molecule has 3 nitrogen and oxygen atoms in total. The molecule has 0 saturated heterocycles. The third kappa shape index (κ3) is 6.60. The van der Waals surface area contributed by atoms with Crippen molar-refractivity contribution in [2.75, 3.05) is 26.2 Å². The number of aliphatic imine (C=N–C) groups is 2. The van der Waals surface area contributed by atoms with Crippen molar-refractivity contribution < 1.29 is 0 Å². The Balaban J connectivity index is 2.10. The van der Waals surface area contributed by atoms with Gasteiger partial charge in [0.2, 0.25) is 0 Å². The summed E-state index contributed by atoms with van der Waals surface area (Å²) < 4.78 is 0. The molecule has 1 saturated carbocycles. The highest BCUT2D eigenvalue weighted by Gasteiger charge is 2.10. The first-order valence-corrected chi connectivity index (χ1v) is 7.20. The van der Waals surface area contributed by atoms with Gasteiger partial charge in [0.1, 0.15) is 0 Å². The second-order valence-corrected chi connectivity index (χ2v) is 4.78. The summed E-state index contributed by atoms with van der Waals surface area (Å²) in [4.78, 5) is 11.1. The largest absolute Gasteiger partial charge is 0.304 e. The molecule has 98 valence electrons. The lowest BCUT2D eigenvalue weighted by atomic mass is 9.96. The maximum atomic E-state index is 4.41. The van der Waals surface area contributed by atoms with Gasteiger partial charge in [-0.2, -0.15) is 0 Å². The summed E-state index contributed by atoms with van der Waals surface area (Å²) >= 11 is 0. The molecule has 0 unspecified atom stereocenters. The van der Waals surface area contributed by atoms with E-state index in [0.717, 1.165) is 32.6 Å². The van der Waals surface area contributed by atoms with Crippen LogP contribution in [0, 0.1) is 0 Å². The van der Waals surface area contributed by atoms with E-state index in [1.807, 2.05) is 0 Å². The van der Waals surface area contributed by atoms with E-state index < -0.39 is 0 Å². The molecule has 0 N–H and O–H groups in total. The average Bonchev–Trinajstić information content (AvgIpc) is 2.39. The van der Waals surface area contributed by atoms with Crippen LogP contribution in [-0.2, 0) is 0 Å². The highest BCUT2D eigenvalue weighted by atomic mass is 15.1. The van der Waals surface area contributed by atoms with Gasteiger partial charge in [-0.3, -0.25) is 0 Å².